The van der Waals surface area contributed by atoms with Crippen LogP contribution in [0.25, 0.3) is 0 Å². The average Bonchev–Trinajstić information content (AvgIpc) is 2.95. The molecule has 0 aliphatic carbocycles. The van der Waals surface area contributed by atoms with E-state index in [4.69, 9.17) is 4.74 Å². The van der Waals surface area contributed by atoms with Crippen LogP contribution in [0.2, 0.25) is 0 Å². The van der Waals surface area contributed by atoms with Crippen molar-refractivity contribution in [2.75, 3.05) is 5.32 Å². The lowest BCUT2D eigenvalue weighted by atomic mass is 10.1. The summed E-state index contributed by atoms with van der Waals surface area (Å²) in [6.45, 7) is 1.84. The number of nitrogens with one attached hydrogen (secondary N) is 1. The van der Waals surface area contributed by atoms with Crippen molar-refractivity contribution in [3.05, 3.63) is 94.8 Å². The van der Waals surface area contributed by atoms with Crippen LogP contribution in [-0.2, 0) is 24.1 Å². The number of fused-ring (bicyclic) bond motifs is 1. The number of anilines is 1. The summed E-state index contributed by atoms with van der Waals surface area (Å²) < 4.78 is 58.5. The molecule has 0 fully saturated rings. The SMILES string of the molecule is CC[C@@H]1Oc2ccc(NC(=O)c3ccc(F)cc3)cc2CN(Cc2cccc(C(F)(F)F)c2)C1=O. The summed E-state index contributed by atoms with van der Waals surface area (Å²) in [5, 5.41) is 2.73. The summed E-state index contributed by atoms with van der Waals surface area (Å²) in [7, 11) is 0. The van der Waals surface area contributed by atoms with Crippen molar-refractivity contribution in [1.29, 1.82) is 0 Å². The maximum Gasteiger partial charge on any atom is 0.416 e. The standard InChI is InChI=1S/C26H22F4N2O3/c1-2-22-25(34)32(14-16-4-3-5-19(12-16)26(28,29)30)15-18-13-21(10-11-23(18)35-22)31-24(33)17-6-8-20(27)9-7-17/h3-13,22H,2,14-15H2,1H3,(H,31,33)/t22-/m0/s1. The Hall–Kier alpha value is -3.88. The van der Waals surface area contributed by atoms with Gasteiger partial charge in [0.15, 0.2) is 6.10 Å². The van der Waals surface area contributed by atoms with Crippen LogP contribution < -0.4 is 10.1 Å². The smallest absolute Gasteiger partial charge is 0.416 e. The van der Waals surface area contributed by atoms with Gasteiger partial charge in [0.25, 0.3) is 11.8 Å². The van der Waals surface area contributed by atoms with Crippen LogP contribution >= 0.6 is 0 Å². The van der Waals surface area contributed by atoms with Gasteiger partial charge in [0.05, 0.1) is 5.56 Å². The third kappa shape index (κ3) is 5.62. The summed E-state index contributed by atoms with van der Waals surface area (Å²) in [5.74, 6) is -0.780. The van der Waals surface area contributed by atoms with Crippen molar-refractivity contribution in [1.82, 2.24) is 4.90 Å². The van der Waals surface area contributed by atoms with Gasteiger partial charge in [0.2, 0.25) is 0 Å². The summed E-state index contributed by atoms with van der Waals surface area (Å²) in [5.41, 5.74) is 0.852. The fourth-order valence-corrected chi connectivity index (χ4v) is 3.85. The van der Waals surface area contributed by atoms with Gasteiger partial charge in [0, 0.05) is 29.9 Å². The predicted octanol–water partition coefficient (Wildman–Crippen LogP) is 5.80. The van der Waals surface area contributed by atoms with Gasteiger partial charge >= 0.3 is 6.18 Å². The fraction of sp³-hybridized carbons (Fsp3) is 0.231. The zero-order chi connectivity index (χ0) is 25.2. The van der Waals surface area contributed by atoms with Crippen molar-refractivity contribution in [2.24, 2.45) is 0 Å². The predicted molar refractivity (Wildman–Crippen MR) is 121 cm³/mol. The van der Waals surface area contributed by atoms with E-state index in [0.29, 0.717) is 29.0 Å². The molecule has 0 bridgehead atoms. The maximum atomic E-state index is 13.1. The maximum absolute atomic E-state index is 13.1. The summed E-state index contributed by atoms with van der Waals surface area (Å²) in [6, 6.07) is 14.9. The Bertz CT molecular complexity index is 1240. The molecule has 0 unspecified atom stereocenters. The Morgan fingerprint density at radius 3 is 2.51 bits per heavy atom. The first kappa shape index (κ1) is 24.3. The number of hydrogen-bond donors (Lipinski definition) is 1. The molecule has 5 nitrogen and oxygen atoms in total. The zero-order valence-corrected chi connectivity index (χ0v) is 18.7. The fourth-order valence-electron chi connectivity index (χ4n) is 3.85. The Morgan fingerprint density at radius 2 is 1.83 bits per heavy atom. The van der Waals surface area contributed by atoms with Gasteiger partial charge in [-0.1, -0.05) is 19.1 Å². The zero-order valence-electron chi connectivity index (χ0n) is 18.7. The first-order valence-electron chi connectivity index (χ1n) is 11.0. The molecule has 1 heterocycles. The number of carbonyl (C=O) groups excluding carboxylic acids is 2. The van der Waals surface area contributed by atoms with E-state index in [1.807, 2.05) is 0 Å². The van der Waals surface area contributed by atoms with Crippen LogP contribution in [0.1, 0.15) is 40.4 Å². The van der Waals surface area contributed by atoms with Gasteiger partial charge < -0.3 is 15.0 Å². The molecule has 4 rings (SSSR count). The van der Waals surface area contributed by atoms with E-state index in [-0.39, 0.29) is 24.6 Å². The highest BCUT2D eigenvalue weighted by molar-refractivity contribution is 6.04. The largest absolute Gasteiger partial charge is 0.480 e. The average molecular weight is 486 g/mol. The number of rotatable bonds is 5. The number of alkyl halides is 3. The third-order valence-electron chi connectivity index (χ3n) is 5.64. The molecule has 0 saturated heterocycles. The van der Waals surface area contributed by atoms with Gasteiger partial charge in [-0.3, -0.25) is 9.59 Å². The van der Waals surface area contributed by atoms with E-state index in [0.717, 1.165) is 12.1 Å². The molecule has 3 aromatic rings. The normalized spacial score (nSPS) is 15.7. The molecule has 0 radical (unpaired) electrons. The lowest BCUT2D eigenvalue weighted by Gasteiger charge is -2.23. The molecule has 0 aromatic heterocycles. The minimum atomic E-state index is -4.49. The number of benzene rings is 3. The van der Waals surface area contributed by atoms with Gasteiger partial charge in [-0.25, -0.2) is 4.39 Å². The Balaban J connectivity index is 1.59. The van der Waals surface area contributed by atoms with E-state index in [2.05, 4.69) is 5.32 Å². The molecule has 3 aromatic carbocycles. The molecular formula is C26H22F4N2O3. The van der Waals surface area contributed by atoms with Crippen molar-refractivity contribution in [3.63, 3.8) is 0 Å². The van der Waals surface area contributed by atoms with E-state index >= 15 is 0 Å². The number of ether oxygens (including phenoxy) is 1. The number of carbonyl (C=O) groups is 2. The first-order chi connectivity index (χ1) is 16.6. The number of hydrogen-bond acceptors (Lipinski definition) is 3. The lowest BCUT2D eigenvalue weighted by molar-refractivity contribution is -0.139. The van der Waals surface area contributed by atoms with Gasteiger partial charge in [-0.15, -0.1) is 0 Å². The molecule has 9 heteroatoms. The van der Waals surface area contributed by atoms with Crippen molar-refractivity contribution in [2.45, 2.75) is 38.7 Å². The summed E-state index contributed by atoms with van der Waals surface area (Å²) in [4.78, 5) is 27.0. The summed E-state index contributed by atoms with van der Waals surface area (Å²) >= 11 is 0. The number of amides is 2. The van der Waals surface area contributed by atoms with Crippen LogP contribution in [0.3, 0.4) is 0 Å². The van der Waals surface area contributed by atoms with E-state index in [1.54, 1.807) is 25.1 Å². The molecule has 35 heavy (non-hydrogen) atoms. The second-order valence-corrected chi connectivity index (χ2v) is 8.19. The second kappa shape index (κ2) is 9.77. The minimum Gasteiger partial charge on any atom is -0.480 e. The number of halogens is 4. The Kier molecular flexibility index (Phi) is 6.77. The van der Waals surface area contributed by atoms with Crippen LogP contribution in [0.15, 0.2) is 66.7 Å². The van der Waals surface area contributed by atoms with Crippen LogP contribution in [-0.4, -0.2) is 22.8 Å². The Labute approximate surface area is 199 Å². The van der Waals surface area contributed by atoms with Crippen molar-refractivity contribution in [3.8, 4) is 5.75 Å². The van der Waals surface area contributed by atoms with Gasteiger partial charge in [-0.2, -0.15) is 13.2 Å². The monoisotopic (exact) mass is 486 g/mol. The molecule has 1 atom stereocenters. The summed E-state index contributed by atoms with van der Waals surface area (Å²) in [6.07, 6.45) is -4.90. The molecule has 0 spiro atoms. The van der Waals surface area contributed by atoms with Crippen LogP contribution in [0, 0.1) is 5.82 Å². The van der Waals surface area contributed by atoms with Crippen molar-refractivity contribution >= 4 is 17.5 Å². The molecule has 1 aliphatic heterocycles. The molecule has 1 N–H and O–H groups in total. The van der Waals surface area contributed by atoms with Crippen LogP contribution in [0.5, 0.6) is 5.75 Å². The second-order valence-electron chi connectivity index (χ2n) is 8.19. The third-order valence-corrected chi connectivity index (χ3v) is 5.64. The molecule has 1 aliphatic rings. The molecule has 182 valence electrons. The molecule has 2 amide bonds. The highest BCUT2D eigenvalue weighted by Gasteiger charge is 2.32. The minimum absolute atomic E-state index is 0.0335. The van der Waals surface area contributed by atoms with Gasteiger partial charge in [0.1, 0.15) is 11.6 Å². The van der Waals surface area contributed by atoms with E-state index < -0.39 is 29.6 Å². The quantitative estimate of drug-likeness (QED) is 0.464. The highest BCUT2D eigenvalue weighted by atomic mass is 19.4. The first-order valence-corrected chi connectivity index (χ1v) is 11.0. The number of nitrogens with zero attached hydrogens (tertiary/aromatic N) is 1. The van der Waals surface area contributed by atoms with Crippen molar-refractivity contribution < 1.29 is 31.9 Å². The molecular weight excluding hydrogens is 464 g/mol. The van der Waals surface area contributed by atoms with Gasteiger partial charge in [-0.05, 0) is 66.6 Å². The van der Waals surface area contributed by atoms with E-state index in [9.17, 15) is 27.2 Å². The Morgan fingerprint density at radius 1 is 1.09 bits per heavy atom. The topological polar surface area (TPSA) is 58.6 Å². The van der Waals surface area contributed by atoms with E-state index in [1.165, 1.54) is 41.3 Å². The highest BCUT2D eigenvalue weighted by Crippen LogP contribution is 2.32. The lowest BCUT2D eigenvalue weighted by Crippen LogP contribution is -2.38. The van der Waals surface area contributed by atoms with Crippen LogP contribution in [0.4, 0.5) is 23.2 Å². The molecule has 0 saturated carbocycles.